The van der Waals surface area contributed by atoms with Crippen molar-refractivity contribution in [2.75, 3.05) is 14.1 Å². The normalized spacial score (nSPS) is 14.7. The SMILES string of the molecule is C=CCn1c(SCc2nc3cc(S(=O)(=O)N(C)C)ccc3n2CC)nnc1C1CC1. The van der Waals surface area contributed by atoms with E-state index in [1.54, 1.807) is 23.9 Å². The Morgan fingerprint density at radius 3 is 2.67 bits per heavy atom. The quantitative estimate of drug-likeness (QED) is 0.370. The van der Waals surface area contributed by atoms with Crippen LogP contribution < -0.4 is 0 Å². The Balaban J connectivity index is 1.64. The third kappa shape index (κ3) is 3.79. The third-order valence-electron chi connectivity index (χ3n) is 5.22. The van der Waals surface area contributed by atoms with Gasteiger partial charge in [-0.15, -0.1) is 16.8 Å². The molecule has 0 spiro atoms. The van der Waals surface area contributed by atoms with Gasteiger partial charge in [0.25, 0.3) is 0 Å². The first-order chi connectivity index (χ1) is 14.4. The molecular formula is C20H26N6O2S2. The molecule has 1 aromatic carbocycles. The van der Waals surface area contributed by atoms with Crippen molar-refractivity contribution in [2.24, 2.45) is 0 Å². The minimum absolute atomic E-state index is 0.250. The number of fused-ring (bicyclic) bond motifs is 1. The maximum absolute atomic E-state index is 12.5. The van der Waals surface area contributed by atoms with Gasteiger partial charge in [-0.25, -0.2) is 17.7 Å². The van der Waals surface area contributed by atoms with Crippen LogP contribution in [0.25, 0.3) is 11.0 Å². The number of nitrogens with zero attached hydrogens (tertiary/aromatic N) is 6. The van der Waals surface area contributed by atoms with E-state index in [9.17, 15) is 8.42 Å². The summed E-state index contributed by atoms with van der Waals surface area (Å²) in [6.45, 7) is 7.36. The number of imidazole rings is 1. The molecule has 8 nitrogen and oxygen atoms in total. The molecule has 0 saturated heterocycles. The van der Waals surface area contributed by atoms with Crippen molar-refractivity contribution in [3.05, 3.63) is 42.5 Å². The fourth-order valence-corrected chi connectivity index (χ4v) is 5.30. The Labute approximate surface area is 181 Å². The highest BCUT2D eigenvalue weighted by Gasteiger charge is 2.30. The number of sulfonamides is 1. The van der Waals surface area contributed by atoms with Crippen LogP contribution in [0.5, 0.6) is 0 Å². The van der Waals surface area contributed by atoms with Crippen LogP contribution in [-0.4, -0.2) is 51.1 Å². The van der Waals surface area contributed by atoms with E-state index in [1.165, 1.54) is 31.2 Å². The van der Waals surface area contributed by atoms with Gasteiger partial charge in [0.15, 0.2) is 5.16 Å². The number of hydrogen-bond acceptors (Lipinski definition) is 6. The number of aromatic nitrogens is 5. The van der Waals surface area contributed by atoms with Gasteiger partial charge in [0, 0.05) is 33.1 Å². The lowest BCUT2D eigenvalue weighted by atomic mass is 10.3. The molecule has 4 rings (SSSR count). The van der Waals surface area contributed by atoms with E-state index in [0.29, 0.717) is 23.7 Å². The molecular weight excluding hydrogens is 420 g/mol. The van der Waals surface area contributed by atoms with Crippen molar-refractivity contribution in [3.8, 4) is 0 Å². The molecule has 2 heterocycles. The second kappa shape index (κ2) is 8.16. The van der Waals surface area contributed by atoms with Gasteiger partial charge in [0.2, 0.25) is 10.0 Å². The highest BCUT2D eigenvalue weighted by molar-refractivity contribution is 7.98. The third-order valence-corrected chi connectivity index (χ3v) is 8.00. The number of hydrogen-bond donors (Lipinski definition) is 0. The van der Waals surface area contributed by atoms with E-state index >= 15 is 0 Å². The predicted octanol–water partition coefficient (Wildman–Crippen LogP) is 3.25. The average Bonchev–Trinajstić information content (AvgIpc) is 3.39. The summed E-state index contributed by atoms with van der Waals surface area (Å²) >= 11 is 1.60. The molecule has 0 aliphatic heterocycles. The Morgan fingerprint density at radius 1 is 1.27 bits per heavy atom. The molecule has 0 unspecified atom stereocenters. The summed E-state index contributed by atoms with van der Waals surface area (Å²) in [5.41, 5.74) is 1.61. The molecule has 1 saturated carbocycles. The predicted molar refractivity (Wildman–Crippen MR) is 118 cm³/mol. The molecule has 0 radical (unpaired) electrons. The van der Waals surface area contributed by atoms with E-state index < -0.39 is 10.0 Å². The van der Waals surface area contributed by atoms with E-state index in [2.05, 4.69) is 32.8 Å². The first-order valence-corrected chi connectivity index (χ1v) is 12.4. The van der Waals surface area contributed by atoms with Crippen molar-refractivity contribution in [2.45, 2.75) is 54.6 Å². The lowest BCUT2D eigenvalue weighted by Crippen LogP contribution is -2.22. The summed E-state index contributed by atoms with van der Waals surface area (Å²) in [5, 5.41) is 9.65. The van der Waals surface area contributed by atoms with Gasteiger partial charge in [-0.1, -0.05) is 17.8 Å². The summed E-state index contributed by atoms with van der Waals surface area (Å²) in [4.78, 5) is 4.99. The van der Waals surface area contributed by atoms with Gasteiger partial charge in [-0.05, 0) is 38.0 Å². The minimum atomic E-state index is -3.50. The van der Waals surface area contributed by atoms with E-state index in [0.717, 1.165) is 28.9 Å². The zero-order valence-corrected chi connectivity index (χ0v) is 19.1. The number of allylic oxidation sites excluding steroid dienone is 1. The van der Waals surface area contributed by atoms with Gasteiger partial charge in [0.1, 0.15) is 11.6 Å². The largest absolute Gasteiger partial charge is 0.328 e. The second-order valence-corrected chi connectivity index (χ2v) is 10.6. The zero-order chi connectivity index (χ0) is 21.5. The van der Waals surface area contributed by atoms with E-state index in [4.69, 9.17) is 4.98 Å². The molecule has 0 bridgehead atoms. The van der Waals surface area contributed by atoms with Gasteiger partial charge in [-0.3, -0.25) is 0 Å². The Kier molecular flexibility index (Phi) is 5.73. The van der Waals surface area contributed by atoms with Crippen molar-refractivity contribution < 1.29 is 8.42 Å². The van der Waals surface area contributed by atoms with Crippen LogP contribution in [0.15, 0.2) is 40.9 Å². The number of aryl methyl sites for hydroxylation is 1. The van der Waals surface area contributed by atoms with Gasteiger partial charge >= 0.3 is 0 Å². The van der Waals surface area contributed by atoms with Crippen molar-refractivity contribution >= 4 is 32.8 Å². The zero-order valence-electron chi connectivity index (χ0n) is 17.4. The van der Waals surface area contributed by atoms with Crippen molar-refractivity contribution in [1.82, 2.24) is 28.6 Å². The van der Waals surface area contributed by atoms with Crippen LogP contribution in [0.4, 0.5) is 0 Å². The van der Waals surface area contributed by atoms with Crippen LogP contribution in [0.1, 0.15) is 37.3 Å². The highest BCUT2D eigenvalue weighted by Crippen LogP contribution is 2.40. The van der Waals surface area contributed by atoms with Gasteiger partial charge in [0.05, 0.1) is 21.7 Å². The minimum Gasteiger partial charge on any atom is -0.328 e. The summed E-state index contributed by atoms with van der Waals surface area (Å²) in [6, 6.07) is 5.13. The van der Waals surface area contributed by atoms with Crippen LogP contribution >= 0.6 is 11.8 Å². The highest BCUT2D eigenvalue weighted by atomic mass is 32.2. The van der Waals surface area contributed by atoms with Gasteiger partial charge in [-0.2, -0.15) is 0 Å². The standard InChI is InChI=1S/C20H26N6O2S2/c1-5-11-26-19(14-7-8-14)22-23-20(26)29-13-18-21-16-12-15(30(27,28)24(3)4)9-10-17(16)25(18)6-2/h5,9-10,12,14H,1,6-8,11,13H2,2-4H3. The first kappa shape index (κ1) is 21.1. The van der Waals surface area contributed by atoms with Crippen LogP contribution in [-0.2, 0) is 28.9 Å². The van der Waals surface area contributed by atoms with E-state index in [-0.39, 0.29) is 4.90 Å². The second-order valence-electron chi connectivity index (χ2n) is 7.51. The lowest BCUT2D eigenvalue weighted by Gasteiger charge is -2.11. The Morgan fingerprint density at radius 2 is 2.03 bits per heavy atom. The molecule has 0 N–H and O–H groups in total. The smallest absolute Gasteiger partial charge is 0.242 e. The number of rotatable bonds is 9. The van der Waals surface area contributed by atoms with E-state index in [1.807, 2.05) is 12.1 Å². The fraction of sp³-hybridized carbons (Fsp3) is 0.450. The summed E-state index contributed by atoms with van der Waals surface area (Å²) in [6.07, 6.45) is 4.21. The Bertz CT molecular complexity index is 1190. The number of benzene rings is 1. The van der Waals surface area contributed by atoms with Gasteiger partial charge < -0.3 is 9.13 Å². The molecule has 0 amide bonds. The van der Waals surface area contributed by atoms with Crippen LogP contribution in [0, 0.1) is 0 Å². The lowest BCUT2D eigenvalue weighted by molar-refractivity contribution is 0.521. The molecule has 10 heteroatoms. The molecule has 2 aromatic heterocycles. The molecule has 30 heavy (non-hydrogen) atoms. The molecule has 3 aromatic rings. The molecule has 1 aliphatic carbocycles. The molecule has 160 valence electrons. The topological polar surface area (TPSA) is 85.9 Å². The van der Waals surface area contributed by atoms with Crippen molar-refractivity contribution in [1.29, 1.82) is 0 Å². The summed E-state index contributed by atoms with van der Waals surface area (Å²) in [7, 11) is -0.439. The maximum atomic E-state index is 12.5. The first-order valence-electron chi connectivity index (χ1n) is 9.95. The van der Waals surface area contributed by atoms with Crippen LogP contribution in [0.2, 0.25) is 0 Å². The summed E-state index contributed by atoms with van der Waals surface area (Å²) in [5.74, 6) is 3.07. The maximum Gasteiger partial charge on any atom is 0.242 e. The van der Waals surface area contributed by atoms with Crippen LogP contribution in [0.3, 0.4) is 0 Å². The Hall–Kier alpha value is -2.17. The molecule has 1 aliphatic rings. The molecule has 1 fully saturated rings. The summed E-state index contributed by atoms with van der Waals surface area (Å²) < 4.78 is 30.4. The fourth-order valence-electron chi connectivity index (χ4n) is 3.47. The molecule has 0 atom stereocenters. The average molecular weight is 447 g/mol. The monoisotopic (exact) mass is 446 g/mol. The number of thioether (sulfide) groups is 1. The van der Waals surface area contributed by atoms with Crippen molar-refractivity contribution in [3.63, 3.8) is 0 Å².